The largest absolute Gasteiger partial charge is 0.446 e. The van der Waals surface area contributed by atoms with Crippen LogP contribution in [0.2, 0.25) is 0 Å². The monoisotopic (exact) mass is 394 g/mol. The van der Waals surface area contributed by atoms with Crippen molar-refractivity contribution in [2.45, 2.75) is 13.0 Å². The van der Waals surface area contributed by atoms with E-state index >= 15 is 0 Å². The lowest BCUT2D eigenvalue weighted by Gasteiger charge is -2.36. The van der Waals surface area contributed by atoms with E-state index in [1.54, 1.807) is 12.6 Å². The summed E-state index contributed by atoms with van der Waals surface area (Å²) >= 11 is 5.63. The van der Waals surface area contributed by atoms with E-state index in [4.69, 9.17) is 16.6 Å². The van der Waals surface area contributed by atoms with Crippen LogP contribution in [0, 0.1) is 0 Å². The summed E-state index contributed by atoms with van der Waals surface area (Å²) in [5, 5.41) is 8.59. The summed E-state index contributed by atoms with van der Waals surface area (Å²) < 4.78 is 5.39. The number of hydrogen-bond donors (Lipinski definition) is 2. The predicted octanol–water partition coefficient (Wildman–Crippen LogP) is 2.39. The number of nitrogens with zero attached hydrogens (tertiary/aromatic N) is 4. The second-order valence-corrected chi connectivity index (χ2v) is 7.52. The topological polar surface area (TPSA) is 69.5 Å². The summed E-state index contributed by atoms with van der Waals surface area (Å²) in [5.41, 5.74) is 4.56. The zero-order valence-corrected chi connectivity index (χ0v) is 16.3. The fraction of sp³-hybridized carbons (Fsp3) is 0.350. The summed E-state index contributed by atoms with van der Waals surface area (Å²) in [6, 6.07) is 8.53. The van der Waals surface area contributed by atoms with Gasteiger partial charge in [0, 0.05) is 45.0 Å². The van der Waals surface area contributed by atoms with Gasteiger partial charge in [0.15, 0.2) is 5.11 Å². The van der Waals surface area contributed by atoms with E-state index in [9.17, 15) is 0 Å². The maximum atomic E-state index is 5.63. The average molecular weight is 395 g/mol. The van der Waals surface area contributed by atoms with Crippen molar-refractivity contribution in [3.05, 3.63) is 48.0 Å². The van der Waals surface area contributed by atoms with E-state index < -0.39 is 0 Å². The minimum atomic E-state index is 0.633. The maximum Gasteiger partial charge on any atom is 0.231 e. The van der Waals surface area contributed by atoms with Crippen molar-refractivity contribution >= 4 is 39.9 Å². The molecule has 1 aromatic carbocycles. The molecule has 4 heterocycles. The molecule has 0 spiro atoms. The predicted molar refractivity (Wildman–Crippen MR) is 114 cm³/mol. The molecule has 7 nitrogen and oxygen atoms in total. The Labute approximate surface area is 168 Å². The Balaban J connectivity index is 1.17. The first-order chi connectivity index (χ1) is 13.8. The fourth-order valence-electron chi connectivity index (χ4n) is 3.91. The fourth-order valence-corrected chi connectivity index (χ4v) is 4.16. The Morgan fingerprint density at radius 1 is 1.18 bits per heavy atom. The summed E-state index contributed by atoms with van der Waals surface area (Å²) in [5.74, 6) is 0.934. The molecule has 0 amide bonds. The minimum Gasteiger partial charge on any atom is -0.446 e. The van der Waals surface area contributed by atoms with Crippen LogP contribution >= 0.6 is 12.2 Å². The number of furan rings is 1. The molecule has 2 N–H and O–H groups in total. The average Bonchev–Trinajstić information content (AvgIpc) is 3.40. The van der Waals surface area contributed by atoms with Crippen molar-refractivity contribution in [1.82, 2.24) is 20.2 Å². The van der Waals surface area contributed by atoms with Gasteiger partial charge in [-0.3, -0.25) is 0 Å². The third-order valence-electron chi connectivity index (χ3n) is 5.43. The highest BCUT2D eigenvalue weighted by Crippen LogP contribution is 2.25. The molecule has 0 aliphatic carbocycles. The third kappa shape index (κ3) is 3.24. The highest BCUT2D eigenvalue weighted by atomic mass is 32.1. The van der Waals surface area contributed by atoms with Crippen LogP contribution in [-0.2, 0) is 13.0 Å². The molecule has 2 aliphatic rings. The van der Waals surface area contributed by atoms with Crippen LogP contribution in [0.15, 0.2) is 41.3 Å². The number of aromatic nitrogens is 2. The maximum absolute atomic E-state index is 5.63. The number of fused-ring (bicyclic) bond motifs is 2. The molecule has 28 heavy (non-hydrogen) atoms. The highest BCUT2D eigenvalue weighted by Gasteiger charge is 2.22. The van der Waals surface area contributed by atoms with Crippen molar-refractivity contribution in [2.24, 2.45) is 0 Å². The quantitative estimate of drug-likeness (QED) is 0.657. The van der Waals surface area contributed by atoms with Crippen LogP contribution in [0.1, 0.15) is 11.1 Å². The van der Waals surface area contributed by atoms with Gasteiger partial charge < -0.3 is 24.9 Å². The first-order valence-corrected chi connectivity index (χ1v) is 10.0. The molecular formula is C20H22N6OS. The van der Waals surface area contributed by atoms with Crippen molar-refractivity contribution in [3.63, 3.8) is 0 Å². The standard InChI is InChI=1S/C20H22N6OS/c28-20(22-12-14-1-2-17-15(11-14)3-5-21-17)26-8-6-25(7-9-26)18-16-4-10-27-19(16)24-13-23-18/h1-2,4,10-11,13,21H,3,5-9,12H2,(H,22,28). The Kier molecular flexibility index (Phi) is 4.48. The van der Waals surface area contributed by atoms with Gasteiger partial charge in [-0.2, -0.15) is 0 Å². The Morgan fingerprint density at radius 3 is 2.96 bits per heavy atom. The number of rotatable bonds is 3. The SMILES string of the molecule is S=C(NCc1ccc2c(c1)CCN2)N1CCN(c2ncnc3occc23)CC1. The van der Waals surface area contributed by atoms with E-state index in [-0.39, 0.29) is 0 Å². The van der Waals surface area contributed by atoms with Gasteiger partial charge in [-0.1, -0.05) is 12.1 Å². The number of nitrogens with one attached hydrogen (secondary N) is 2. The minimum absolute atomic E-state index is 0.633. The zero-order valence-electron chi connectivity index (χ0n) is 15.5. The second kappa shape index (κ2) is 7.27. The van der Waals surface area contributed by atoms with Crippen LogP contribution < -0.4 is 15.5 Å². The van der Waals surface area contributed by atoms with Crippen molar-refractivity contribution in [1.29, 1.82) is 0 Å². The number of benzene rings is 1. The van der Waals surface area contributed by atoms with Crippen LogP contribution in [0.3, 0.4) is 0 Å². The number of anilines is 2. The molecule has 1 fully saturated rings. The lowest BCUT2D eigenvalue weighted by atomic mass is 10.1. The zero-order chi connectivity index (χ0) is 18.9. The summed E-state index contributed by atoms with van der Waals surface area (Å²) in [4.78, 5) is 13.1. The first-order valence-electron chi connectivity index (χ1n) is 9.59. The summed E-state index contributed by atoms with van der Waals surface area (Å²) in [7, 11) is 0. The van der Waals surface area contributed by atoms with E-state index in [0.717, 1.165) is 62.0 Å². The van der Waals surface area contributed by atoms with E-state index in [1.807, 2.05) is 6.07 Å². The lowest BCUT2D eigenvalue weighted by Crippen LogP contribution is -2.51. The number of hydrogen-bond acceptors (Lipinski definition) is 6. The third-order valence-corrected chi connectivity index (χ3v) is 5.83. The Morgan fingerprint density at radius 2 is 2.07 bits per heavy atom. The molecule has 2 aromatic heterocycles. The van der Waals surface area contributed by atoms with Gasteiger partial charge in [0.05, 0.1) is 11.6 Å². The molecule has 8 heteroatoms. The van der Waals surface area contributed by atoms with Gasteiger partial charge in [-0.15, -0.1) is 0 Å². The molecule has 0 bridgehead atoms. The van der Waals surface area contributed by atoms with E-state index in [0.29, 0.717) is 5.71 Å². The molecule has 144 valence electrons. The first kappa shape index (κ1) is 17.2. The van der Waals surface area contributed by atoms with Crippen molar-refractivity contribution in [3.8, 4) is 0 Å². The second-order valence-electron chi connectivity index (χ2n) is 7.14. The normalized spacial score (nSPS) is 16.1. The van der Waals surface area contributed by atoms with Crippen LogP contribution in [0.4, 0.5) is 11.5 Å². The molecule has 0 radical (unpaired) electrons. The highest BCUT2D eigenvalue weighted by molar-refractivity contribution is 7.80. The molecule has 0 atom stereocenters. The summed E-state index contributed by atoms with van der Waals surface area (Å²) in [6.45, 7) is 5.25. The van der Waals surface area contributed by atoms with Crippen LogP contribution in [0.25, 0.3) is 11.1 Å². The molecule has 3 aromatic rings. The smallest absolute Gasteiger partial charge is 0.231 e. The molecule has 0 unspecified atom stereocenters. The van der Waals surface area contributed by atoms with E-state index in [1.165, 1.54) is 16.8 Å². The summed E-state index contributed by atoms with van der Waals surface area (Å²) in [6.07, 6.45) is 4.32. The molecule has 0 saturated carbocycles. The van der Waals surface area contributed by atoms with Crippen molar-refractivity contribution in [2.75, 3.05) is 42.9 Å². The van der Waals surface area contributed by atoms with Crippen LogP contribution in [-0.4, -0.2) is 52.7 Å². The molecule has 1 saturated heterocycles. The van der Waals surface area contributed by atoms with Crippen molar-refractivity contribution < 1.29 is 4.42 Å². The van der Waals surface area contributed by atoms with Gasteiger partial charge in [0.1, 0.15) is 12.1 Å². The molecule has 2 aliphatic heterocycles. The van der Waals surface area contributed by atoms with Gasteiger partial charge in [0.25, 0.3) is 0 Å². The van der Waals surface area contributed by atoms with Gasteiger partial charge in [-0.25, -0.2) is 9.97 Å². The van der Waals surface area contributed by atoms with Crippen LogP contribution in [0.5, 0.6) is 0 Å². The Bertz CT molecular complexity index is 1010. The van der Waals surface area contributed by atoms with E-state index in [2.05, 4.69) is 48.6 Å². The molecular weight excluding hydrogens is 372 g/mol. The van der Waals surface area contributed by atoms with Gasteiger partial charge in [0.2, 0.25) is 5.71 Å². The number of thiocarbonyl (C=S) groups is 1. The van der Waals surface area contributed by atoms with Gasteiger partial charge in [-0.05, 0) is 41.9 Å². The Hall–Kier alpha value is -2.87. The lowest BCUT2D eigenvalue weighted by molar-refractivity contribution is 0.379. The number of piperazine rings is 1. The molecule has 5 rings (SSSR count). The van der Waals surface area contributed by atoms with Gasteiger partial charge >= 0.3 is 0 Å².